The number of rotatable bonds is 1. The van der Waals surface area contributed by atoms with Crippen molar-refractivity contribution < 1.29 is 9.53 Å². The first kappa shape index (κ1) is 9.34. The maximum atomic E-state index is 9.99. The number of carbonyl (C=O) groups excluding carboxylic acids is 1. The number of aldehydes is 1. The lowest BCUT2D eigenvalue weighted by atomic mass is 10.1. The smallest absolute Gasteiger partial charge is 0.193 e. The predicted octanol–water partition coefficient (Wildman–Crippen LogP) is 1.55. The topological polar surface area (TPSA) is 26.3 Å². The van der Waals surface area contributed by atoms with Crippen LogP contribution in [0.25, 0.3) is 0 Å². The summed E-state index contributed by atoms with van der Waals surface area (Å²) in [7, 11) is 1.62. The van der Waals surface area contributed by atoms with Gasteiger partial charge in [-0.15, -0.1) is 0 Å². The number of hydrogen-bond acceptors (Lipinski definition) is 2. The molecule has 0 bridgehead atoms. The fourth-order valence-electron chi connectivity index (χ4n) is 1.07. The lowest BCUT2D eigenvalue weighted by Gasteiger charge is -2.03. The molecular formula is C11H10O2. The molecule has 0 amide bonds. The quantitative estimate of drug-likeness (QED) is 0.477. The van der Waals surface area contributed by atoms with Gasteiger partial charge in [0.05, 0.1) is 7.11 Å². The van der Waals surface area contributed by atoms with Crippen molar-refractivity contribution in [3.8, 4) is 17.6 Å². The van der Waals surface area contributed by atoms with Gasteiger partial charge < -0.3 is 4.74 Å². The fourth-order valence-corrected chi connectivity index (χ4v) is 1.07. The molecule has 1 aromatic carbocycles. The summed E-state index contributed by atoms with van der Waals surface area (Å²) in [5.41, 5.74) is 1.84. The Labute approximate surface area is 77.5 Å². The molecule has 0 aromatic heterocycles. The van der Waals surface area contributed by atoms with Gasteiger partial charge in [0.2, 0.25) is 0 Å². The molecule has 2 nitrogen and oxygen atoms in total. The Morgan fingerprint density at radius 2 is 2.23 bits per heavy atom. The molecule has 66 valence electrons. The number of hydrogen-bond donors (Lipinski definition) is 0. The van der Waals surface area contributed by atoms with E-state index < -0.39 is 0 Å². The van der Waals surface area contributed by atoms with Crippen molar-refractivity contribution in [2.24, 2.45) is 0 Å². The zero-order chi connectivity index (χ0) is 9.68. The van der Waals surface area contributed by atoms with Gasteiger partial charge in [0, 0.05) is 5.56 Å². The lowest BCUT2D eigenvalue weighted by molar-refractivity contribution is -0.103. The summed E-state index contributed by atoms with van der Waals surface area (Å²) in [6, 6.07) is 5.54. The van der Waals surface area contributed by atoms with Crippen LogP contribution in [0.5, 0.6) is 5.75 Å². The monoisotopic (exact) mass is 174 g/mol. The average molecular weight is 174 g/mol. The standard InChI is InChI=1S/C11H10O2/c1-9-8-10(4-3-7-12)5-6-11(9)13-2/h5-8H,1-2H3. The predicted molar refractivity (Wildman–Crippen MR) is 50.7 cm³/mol. The molecule has 0 atom stereocenters. The van der Waals surface area contributed by atoms with Crippen LogP contribution in [0.1, 0.15) is 11.1 Å². The molecule has 0 heterocycles. The highest BCUT2D eigenvalue weighted by molar-refractivity contribution is 5.74. The van der Waals surface area contributed by atoms with E-state index in [0.29, 0.717) is 6.29 Å². The third-order valence-corrected chi connectivity index (χ3v) is 1.67. The van der Waals surface area contributed by atoms with Crippen LogP contribution < -0.4 is 4.74 Å². The van der Waals surface area contributed by atoms with Gasteiger partial charge in [-0.2, -0.15) is 0 Å². The van der Waals surface area contributed by atoms with E-state index in [1.165, 1.54) is 0 Å². The van der Waals surface area contributed by atoms with Crippen molar-refractivity contribution >= 4 is 6.29 Å². The minimum atomic E-state index is 0.583. The Morgan fingerprint density at radius 1 is 1.46 bits per heavy atom. The summed E-state index contributed by atoms with van der Waals surface area (Å²) in [6.07, 6.45) is 0.583. The van der Waals surface area contributed by atoms with E-state index in [0.717, 1.165) is 16.9 Å². The van der Waals surface area contributed by atoms with Gasteiger partial charge in [0.25, 0.3) is 0 Å². The minimum Gasteiger partial charge on any atom is -0.496 e. The second-order valence-electron chi connectivity index (χ2n) is 2.57. The summed E-state index contributed by atoms with van der Waals surface area (Å²) in [4.78, 5) is 9.99. The number of methoxy groups -OCH3 is 1. The van der Waals surface area contributed by atoms with Crippen LogP contribution >= 0.6 is 0 Å². The molecule has 0 aliphatic carbocycles. The lowest BCUT2D eigenvalue weighted by Crippen LogP contribution is -1.87. The first-order valence-corrected chi connectivity index (χ1v) is 3.87. The van der Waals surface area contributed by atoms with E-state index in [1.54, 1.807) is 7.11 Å². The van der Waals surface area contributed by atoms with Gasteiger partial charge in [0.15, 0.2) is 6.29 Å². The molecule has 0 aliphatic rings. The van der Waals surface area contributed by atoms with Gasteiger partial charge in [-0.3, -0.25) is 4.79 Å². The van der Waals surface area contributed by atoms with Crippen LogP contribution in [0.2, 0.25) is 0 Å². The highest BCUT2D eigenvalue weighted by Crippen LogP contribution is 2.17. The van der Waals surface area contributed by atoms with Crippen molar-refractivity contribution in [1.82, 2.24) is 0 Å². The molecule has 0 aliphatic heterocycles. The van der Waals surface area contributed by atoms with Crippen LogP contribution in [-0.4, -0.2) is 13.4 Å². The molecule has 1 rings (SSSR count). The van der Waals surface area contributed by atoms with E-state index in [9.17, 15) is 4.79 Å². The average Bonchev–Trinajstić information content (AvgIpc) is 2.15. The largest absolute Gasteiger partial charge is 0.496 e. The molecule has 2 heteroatoms. The molecule has 0 N–H and O–H groups in total. The molecule has 0 radical (unpaired) electrons. The molecule has 0 spiro atoms. The van der Waals surface area contributed by atoms with Crippen molar-refractivity contribution in [3.05, 3.63) is 29.3 Å². The normalized spacial score (nSPS) is 8.46. The molecule has 0 fully saturated rings. The summed E-state index contributed by atoms with van der Waals surface area (Å²) in [5, 5.41) is 0. The summed E-state index contributed by atoms with van der Waals surface area (Å²) < 4.78 is 5.09. The second kappa shape index (κ2) is 4.32. The van der Waals surface area contributed by atoms with Crippen molar-refractivity contribution in [2.75, 3.05) is 7.11 Å². The molecule has 0 unspecified atom stereocenters. The van der Waals surface area contributed by atoms with Crippen LogP contribution in [-0.2, 0) is 4.79 Å². The van der Waals surface area contributed by atoms with Gasteiger partial charge in [-0.05, 0) is 36.6 Å². The van der Waals surface area contributed by atoms with E-state index in [4.69, 9.17) is 4.74 Å². The molecule has 13 heavy (non-hydrogen) atoms. The van der Waals surface area contributed by atoms with E-state index >= 15 is 0 Å². The van der Waals surface area contributed by atoms with Crippen molar-refractivity contribution in [3.63, 3.8) is 0 Å². The number of aryl methyl sites for hydroxylation is 1. The zero-order valence-electron chi connectivity index (χ0n) is 7.63. The molecule has 0 saturated carbocycles. The first-order chi connectivity index (χ1) is 6.27. The third-order valence-electron chi connectivity index (χ3n) is 1.67. The van der Waals surface area contributed by atoms with Crippen molar-refractivity contribution in [2.45, 2.75) is 6.92 Å². The van der Waals surface area contributed by atoms with Crippen LogP contribution in [0.4, 0.5) is 0 Å². The highest BCUT2D eigenvalue weighted by atomic mass is 16.5. The maximum absolute atomic E-state index is 9.99. The summed E-state index contributed by atoms with van der Waals surface area (Å²) in [6.45, 7) is 1.94. The SMILES string of the molecule is COc1ccc(C#CC=O)cc1C. The highest BCUT2D eigenvalue weighted by Gasteiger charge is 1.96. The van der Waals surface area contributed by atoms with Crippen LogP contribution in [0.15, 0.2) is 18.2 Å². The molecular weight excluding hydrogens is 164 g/mol. The number of ether oxygens (including phenoxy) is 1. The van der Waals surface area contributed by atoms with Crippen LogP contribution in [0, 0.1) is 18.8 Å². The Hall–Kier alpha value is -1.75. The Kier molecular flexibility index (Phi) is 3.10. The van der Waals surface area contributed by atoms with E-state index in [-0.39, 0.29) is 0 Å². The Morgan fingerprint density at radius 3 is 2.77 bits per heavy atom. The zero-order valence-corrected chi connectivity index (χ0v) is 7.63. The maximum Gasteiger partial charge on any atom is 0.193 e. The Balaban J connectivity index is 3.02. The summed E-state index contributed by atoms with van der Waals surface area (Å²) in [5.74, 6) is 5.90. The van der Waals surface area contributed by atoms with E-state index in [2.05, 4.69) is 11.8 Å². The fraction of sp³-hybridized carbons (Fsp3) is 0.182. The first-order valence-electron chi connectivity index (χ1n) is 3.87. The van der Waals surface area contributed by atoms with Gasteiger partial charge in [0.1, 0.15) is 5.75 Å². The van der Waals surface area contributed by atoms with Gasteiger partial charge >= 0.3 is 0 Å². The summed E-state index contributed by atoms with van der Waals surface area (Å²) >= 11 is 0. The second-order valence-corrected chi connectivity index (χ2v) is 2.57. The van der Waals surface area contributed by atoms with E-state index in [1.807, 2.05) is 25.1 Å². The van der Waals surface area contributed by atoms with Gasteiger partial charge in [-0.25, -0.2) is 0 Å². The number of carbonyl (C=O) groups is 1. The van der Waals surface area contributed by atoms with Crippen LogP contribution in [0.3, 0.4) is 0 Å². The molecule has 1 aromatic rings. The molecule has 0 saturated heterocycles. The Bertz CT molecular complexity index is 369. The minimum absolute atomic E-state index is 0.583. The van der Waals surface area contributed by atoms with Crippen molar-refractivity contribution in [1.29, 1.82) is 0 Å². The third kappa shape index (κ3) is 2.34. The number of benzene rings is 1. The van der Waals surface area contributed by atoms with Gasteiger partial charge in [-0.1, -0.05) is 5.92 Å².